The molecule has 2 aliphatic heterocycles. The Kier molecular flexibility index (Phi) is 3.51. The number of pyridine rings is 1. The molecule has 2 aliphatic rings. The van der Waals surface area contributed by atoms with Crippen molar-refractivity contribution in [2.24, 2.45) is 0 Å². The quantitative estimate of drug-likeness (QED) is 0.817. The number of nitrogens with zero attached hydrogens (tertiary/aromatic N) is 3. The highest BCUT2D eigenvalue weighted by Gasteiger charge is 2.36. The summed E-state index contributed by atoms with van der Waals surface area (Å²) in [6.45, 7) is 2.11. The normalized spacial score (nSPS) is 26.2. The van der Waals surface area contributed by atoms with E-state index in [9.17, 15) is 0 Å². The molecule has 0 unspecified atom stereocenters. The van der Waals surface area contributed by atoms with E-state index in [1.807, 2.05) is 12.1 Å². The third-order valence-corrected chi connectivity index (χ3v) is 3.52. The van der Waals surface area contributed by atoms with Crippen LogP contribution in [0.4, 0.5) is 5.82 Å². The highest BCUT2D eigenvalue weighted by atomic mass is 35.5. The van der Waals surface area contributed by atoms with E-state index in [4.69, 9.17) is 5.26 Å². The minimum absolute atomic E-state index is 0. The number of aromatic nitrogens is 1. The zero-order chi connectivity index (χ0) is 11.0. The first kappa shape index (κ1) is 12.2. The Morgan fingerprint density at radius 1 is 1.29 bits per heavy atom. The monoisotopic (exact) mass is 250 g/mol. The van der Waals surface area contributed by atoms with E-state index in [1.54, 1.807) is 6.20 Å². The molecule has 17 heavy (non-hydrogen) atoms. The molecule has 0 aromatic carbocycles. The van der Waals surface area contributed by atoms with Gasteiger partial charge in [-0.2, -0.15) is 5.26 Å². The highest BCUT2D eigenvalue weighted by molar-refractivity contribution is 5.85. The zero-order valence-electron chi connectivity index (χ0n) is 9.47. The average Bonchev–Trinajstić information content (AvgIpc) is 2.59. The van der Waals surface area contributed by atoms with Crippen molar-refractivity contribution in [2.45, 2.75) is 24.9 Å². The number of rotatable bonds is 1. The molecule has 1 N–H and O–H groups in total. The largest absolute Gasteiger partial charge is 0.348 e. The van der Waals surface area contributed by atoms with Crippen LogP contribution < -0.4 is 10.2 Å². The lowest BCUT2D eigenvalue weighted by molar-refractivity contribution is 0.481. The van der Waals surface area contributed by atoms with Crippen LogP contribution in [0.1, 0.15) is 18.4 Å². The van der Waals surface area contributed by atoms with Gasteiger partial charge in [-0.15, -0.1) is 12.4 Å². The number of anilines is 1. The Balaban J connectivity index is 0.00000108. The van der Waals surface area contributed by atoms with E-state index in [1.165, 1.54) is 12.8 Å². The van der Waals surface area contributed by atoms with Crippen LogP contribution in [-0.4, -0.2) is 30.2 Å². The van der Waals surface area contributed by atoms with Gasteiger partial charge in [0.2, 0.25) is 0 Å². The zero-order valence-corrected chi connectivity index (χ0v) is 10.3. The van der Waals surface area contributed by atoms with Gasteiger partial charge in [0, 0.05) is 31.4 Å². The Labute approximate surface area is 107 Å². The van der Waals surface area contributed by atoms with Crippen LogP contribution in [0.2, 0.25) is 0 Å². The molecule has 0 aliphatic carbocycles. The number of nitriles is 1. The maximum Gasteiger partial charge on any atom is 0.129 e. The van der Waals surface area contributed by atoms with Gasteiger partial charge in [-0.1, -0.05) is 0 Å². The topological polar surface area (TPSA) is 52.0 Å². The first-order valence-corrected chi connectivity index (χ1v) is 5.73. The van der Waals surface area contributed by atoms with Gasteiger partial charge in [0.25, 0.3) is 0 Å². The number of halogens is 1. The molecule has 1 aromatic heterocycles. The van der Waals surface area contributed by atoms with Crippen LogP contribution in [0.25, 0.3) is 0 Å². The third kappa shape index (κ3) is 2.08. The van der Waals surface area contributed by atoms with Crippen molar-refractivity contribution in [2.75, 3.05) is 18.0 Å². The van der Waals surface area contributed by atoms with Gasteiger partial charge in [0.15, 0.2) is 0 Å². The molecular formula is C12H15ClN4. The molecule has 0 saturated carbocycles. The van der Waals surface area contributed by atoms with Gasteiger partial charge in [-0.3, -0.25) is 0 Å². The van der Waals surface area contributed by atoms with Crippen LogP contribution >= 0.6 is 12.4 Å². The van der Waals surface area contributed by atoms with E-state index >= 15 is 0 Å². The Morgan fingerprint density at radius 3 is 2.53 bits per heavy atom. The lowest BCUT2D eigenvalue weighted by Gasteiger charge is -2.36. The molecule has 1 aromatic rings. The van der Waals surface area contributed by atoms with E-state index in [0.29, 0.717) is 17.6 Å². The van der Waals surface area contributed by atoms with Gasteiger partial charge in [0.05, 0.1) is 5.56 Å². The fourth-order valence-electron chi connectivity index (χ4n) is 2.76. The van der Waals surface area contributed by atoms with Crippen LogP contribution in [0.5, 0.6) is 0 Å². The summed E-state index contributed by atoms with van der Waals surface area (Å²) < 4.78 is 0. The SMILES string of the molecule is Cl.N#Cc1ccc(N2[C@@H]3CC[C@H]2CNC3)nc1. The molecule has 90 valence electrons. The van der Waals surface area contributed by atoms with Crippen molar-refractivity contribution in [3.8, 4) is 6.07 Å². The molecule has 0 radical (unpaired) electrons. The average molecular weight is 251 g/mol. The number of hydrogen-bond donors (Lipinski definition) is 1. The van der Waals surface area contributed by atoms with Crippen molar-refractivity contribution in [1.29, 1.82) is 5.26 Å². The maximum atomic E-state index is 8.74. The summed E-state index contributed by atoms with van der Waals surface area (Å²) in [5.41, 5.74) is 0.631. The maximum absolute atomic E-state index is 8.74. The predicted molar refractivity (Wildman–Crippen MR) is 68.4 cm³/mol. The second-order valence-electron chi connectivity index (χ2n) is 4.47. The van der Waals surface area contributed by atoms with Gasteiger partial charge in [-0.05, 0) is 25.0 Å². The molecule has 2 saturated heterocycles. The molecule has 3 rings (SSSR count). The summed E-state index contributed by atoms with van der Waals surface area (Å²) in [5.74, 6) is 1.02. The Bertz CT molecular complexity index is 409. The van der Waals surface area contributed by atoms with Crippen molar-refractivity contribution < 1.29 is 0 Å². The molecule has 4 nitrogen and oxygen atoms in total. The van der Waals surface area contributed by atoms with Gasteiger partial charge >= 0.3 is 0 Å². The molecule has 2 fully saturated rings. The second kappa shape index (κ2) is 4.91. The molecule has 3 heterocycles. The van der Waals surface area contributed by atoms with Gasteiger partial charge in [0.1, 0.15) is 11.9 Å². The number of piperazine rings is 1. The lowest BCUT2D eigenvalue weighted by Crippen LogP contribution is -2.52. The predicted octanol–water partition coefficient (Wildman–Crippen LogP) is 1.32. The minimum atomic E-state index is 0. The summed E-state index contributed by atoms with van der Waals surface area (Å²) in [4.78, 5) is 6.80. The van der Waals surface area contributed by atoms with E-state index in [0.717, 1.165) is 18.9 Å². The summed E-state index contributed by atoms with van der Waals surface area (Å²) in [6.07, 6.45) is 4.16. The molecular weight excluding hydrogens is 236 g/mol. The van der Waals surface area contributed by atoms with Crippen molar-refractivity contribution in [3.05, 3.63) is 23.9 Å². The number of hydrogen-bond acceptors (Lipinski definition) is 4. The Hall–Kier alpha value is -1.31. The van der Waals surface area contributed by atoms with Crippen LogP contribution in [0.15, 0.2) is 18.3 Å². The third-order valence-electron chi connectivity index (χ3n) is 3.52. The van der Waals surface area contributed by atoms with Crippen molar-refractivity contribution in [1.82, 2.24) is 10.3 Å². The molecule has 0 amide bonds. The van der Waals surface area contributed by atoms with Gasteiger partial charge in [-0.25, -0.2) is 4.98 Å². The van der Waals surface area contributed by atoms with Crippen molar-refractivity contribution in [3.63, 3.8) is 0 Å². The first-order chi connectivity index (χ1) is 7.88. The highest BCUT2D eigenvalue weighted by Crippen LogP contribution is 2.30. The van der Waals surface area contributed by atoms with Crippen LogP contribution in [0, 0.1) is 11.3 Å². The first-order valence-electron chi connectivity index (χ1n) is 5.73. The summed E-state index contributed by atoms with van der Waals surface area (Å²) in [7, 11) is 0. The molecule has 2 atom stereocenters. The lowest BCUT2D eigenvalue weighted by atomic mass is 10.2. The standard InChI is InChI=1S/C12H14N4.ClH/c13-5-9-1-4-12(15-6-9)16-10-2-3-11(16)8-14-7-10;/h1,4,6,10-11,14H,2-3,7-8H2;1H/t10-,11+;. The number of nitrogens with one attached hydrogen (secondary N) is 1. The smallest absolute Gasteiger partial charge is 0.129 e. The fraction of sp³-hybridized carbons (Fsp3) is 0.500. The number of fused-ring (bicyclic) bond motifs is 2. The van der Waals surface area contributed by atoms with Gasteiger partial charge < -0.3 is 10.2 Å². The molecule has 0 spiro atoms. The minimum Gasteiger partial charge on any atom is -0.348 e. The summed E-state index contributed by atoms with van der Waals surface area (Å²) in [5, 5.41) is 12.2. The fourth-order valence-corrected chi connectivity index (χ4v) is 2.76. The Morgan fingerprint density at radius 2 is 2.00 bits per heavy atom. The molecule has 5 heteroatoms. The van der Waals surface area contributed by atoms with Crippen LogP contribution in [0.3, 0.4) is 0 Å². The van der Waals surface area contributed by atoms with E-state index in [2.05, 4.69) is 21.3 Å². The second-order valence-corrected chi connectivity index (χ2v) is 4.47. The van der Waals surface area contributed by atoms with E-state index in [-0.39, 0.29) is 12.4 Å². The molecule has 2 bridgehead atoms. The van der Waals surface area contributed by atoms with E-state index < -0.39 is 0 Å². The summed E-state index contributed by atoms with van der Waals surface area (Å²) in [6, 6.07) is 7.09. The van der Waals surface area contributed by atoms with Crippen molar-refractivity contribution >= 4 is 18.2 Å². The summed E-state index contributed by atoms with van der Waals surface area (Å²) >= 11 is 0. The van der Waals surface area contributed by atoms with Crippen LogP contribution in [-0.2, 0) is 0 Å².